The first-order valence-corrected chi connectivity index (χ1v) is 12.4. The van der Waals surface area contributed by atoms with E-state index in [4.69, 9.17) is 4.74 Å². The lowest BCUT2D eigenvalue weighted by Crippen LogP contribution is -2.52. The number of rotatable bonds is 10. The monoisotopic (exact) mass is 470 g/mol. The van der Waals surface area contributed by atoms with Gasteiger partial charge in [-0.25, -0.2) is 4.79 Å². The van der Waals surface area contributed by atoms with Crippen molar-refractivity contribution < 1.29 is 24.2 Å². The van der Waals surface area contributed by atoms with E-state index in [1.54, 1.807) is 25.6 Å². The molecule has 7 nitrogen and oxygen atoms in total. The predicted octanol–water partition coefficient (Wildman–Crippen LogP) is 3.97. The van der Waals surface area contributed by atoms with Crippen LogP contribution in [0.25, 0.3) is 11.1 Å². The van der Waals surface area contributed by atoms with Gasteiger partial charge >= 0.3 is 12.1 Å². The van der Waals surface area contributed by atoms with Gasteiger partial charge in [-0.15, -0.1) is 0 Å². The molecule has 0 aliphatic heterocycles. The number of fused-ring (bicyclic) bond motifs is 3. The van der Waals surface area contributed by atoms with E-state index in [0.29, 0.717) is 12.2 Å². The minimum Gasteiger partial charge on any atom is -0.480 e. The number of hydrogen-bond donors (Lipinski definition) is 2. The number of alkyl carbamates (subject to hydrolysis) is 1. The first-order chi connectivity index (χ1) is 15.8. The summed E-state index contributed by atoms with van der Waals surface area (Å²) in [5.74, 6) is -0.960. The minimum absolute atomic E-state index is 0.0809. The number of benzene rings is 2. The van der Waals surface area contributed by atoms with E-state index in [1.807, 2.05) is 42.7 Å². The molecule has 1 aliphatic rings. The van der Waals surface area contributed by atoms with E-state index in [2.05, 4.69) is 17.4 Å². The third-order valence-corrected chi connectivity index (χ3v) is 6.40. The van der Waals surface area contributed by atoms with Crippen molar-refractivity contribution in [3.05, 3.63) is 59.7 Å². The van der Waals surface area contributed by atoms with E-state index >= 15 is 0 Å². The standard InChI is InChI=1S/C25H30N2O5S/c1-16(2)27(14-23(28)29)24(30)22(12-13-33-3)26-25(31)32-15-21-19-10-6-4-8-17(19)18-9-5-7-11-20(18)21/h4-11,16,21-22H,12-15H2,1-3H3,(H,26,31)(H,28,29)/t22-/m1/s1. The molecular formula is C25H30N2O5S. The van der Waals surface area contributed by atoms with Crippen LogP contribution in [0, 0.1) is 0 Å². The van der Waals surface area contributed by atoms with Crippen LogP contribution in [-0.4, -0.2) is 65.2 Å². The van der Waals surface area contributed by atoms with Crippen LogP contribution in [0.4, 0.5) is 4.79 Å². The molecule has 2 aromatic rings. The smallest absolute Gasteiger partial charge is 0.407 e. The molecule has 33 heavy (non-hydrogen) atoms. The third kappa shape index (κ3) is 5.87. The average molecular weight is 471 g/mol. The Labute approximate surface area is 198 Å². The maximum absolute atomic E-state index is 13.0. The van der Waals surface area contributed by atoms with Gasteiger partial charge in [0.2, 0.25) is 5.91 Å². The Morgan fingerprint density at radius 3 is 2.15 bits per heavy atom. The number of aliphatic carboxylic acids is 1. The maximum atomic E-state index is 13.0. The molecule has 176 valence electrons. The van der Waals surface area contributed by atoms with Crippen molar-refractivity contribution in [2.75, 3.05) is 25.2 Å². The molecule has 3 rings (SSSR count). The van der Waals surface area contributed by atoms with Gasteiger partial charge in [0.15, 0.2) is 0 Å². The van der Waals surface area contributed by atoms with Gasteiger partial charge in [-0.3, -0.25) is 9.59 Å². The zero-order valence-electron chi connectivity index (χ0n) is 19.1. The van der Waals surface area contributed by atoms with Crippen LogP contribution in [0.3, 0.4) is 0 Å². The number of amides is 2. The highest BCUT2D eigenvalue weighted by molar-refractivity contribution is 7.98. The summed E-state index contributed by atoms with van der Waals surface area (Å²) in [7, 11) is 0. The molecule has 1 aliphatic carbocycles. The van der Waals surface area contributed by atoms with Crippen LogP contribution in [-0.2, 0) is 14.3 Å². The molecule has 0 unspecified atom stereocenters. The van der Waals surface area contributed by atoms with E-state index < -0.39 is 30.6 Å². The molecule has 0 saturated heterocycles. The minimum atomic E-state index is -1.10. The summed E-state index contributed by atoms with van der Waals surface area (Å²) in [6, 6.07) is 15.0. The predicted molar refractivity (Wildman–Crippen MR) is 129 cm³/mol. The van der Waals surface area contributed by atoms with Crippen molar-refractivity contribution in [3.63, 3.8) is 0 Å². The summed E-state index contributed by atoms with van der Waals surface area (Å²) < 4.78 is 5.58. The Morgan fingerprint density at radius 2 is 1.64 bits per heavy atom. The van der Waals surface area contributed by atoms with E-state index in [-0.39, 0.29) is 18.6 Å². The maximum Gasteiger partial charge on any atom is 0.407 e. The first kappa shape index (κ1) is 24.6. The summed E-state index contributed by atoms with van der Waals surface area (Å²) in [6.45, 7) is 3.23. The SMILES string of the molecule is CSCC[C@@H](NC(=O)OCC1c2ccccc2-c2ccccc21)C(=O)N(CC(=O)O)C(C)C. The Balaban J connectivity index is 1.70. The molecule has 0 spiro atoms. The lowest BCUT2D eigenvalue weighted by atomic mass is 9.98. The van der Waals surface area contributed by atoms with Gasteiger partial charge < -0.3 is 20.1 Å². The molecular weight excluding hydrogens is 440 g/mol. The lowest BCUT2D eigenvalue weighted by Gasteiger charge is -2.29. The number of carboxylic acid groups (broad SMARTS) is 1. The van der Waals surface area contributed by atoms with Gasteiger partial charge in [0.05, 0.1) is 0 Å². The van der Waals surface area contributed by atoms with Gasteiger partial charge in [0, 0.05) is 12.0 Å². The van der Waals surface area contributed by atoms with Crippen LogP contribution < -0.4 is 5.32 Å². The van der Waals surface area contributed by atoms with E-state index in [9.17, 15) is 19.5 Å². The molecule has 2 aromatic carbocycles. The van der Waals surface area contributed by atoms with Crippen LogP contribution >= 0.6 is 11.8 Å². The highest BCUT2D eigenvalue weighted by Crippen LogP contribution is 2.44. The molecule has 0 saturated carbocycles. The summed E-state index contributed by atoms with van der Waals surface area (Å²) in [5.41, 5.74) is 4.48. The fraction of sp³-hybridized carbons (Fsp3) is 0.400. The highest BCUT2D eigenvalue weighted by atomic mass is 32.2. The summed E-state index contributed by atoms with van der Waals surface area (Å²) in [6.07, 6.45) is 1.61. The van der Waals surface area contributed by atoms with Crippen molar-refractivity contribution in [2.24, 2.45) is 0 Å². The summed E-state index contributed by atoms with van der Waals surface area (Å²) in [5, 5.41) is 11.9. The van der Waals surface area contributed by atoms with Gasteiger partial charge in [0.25, 0.3) is 0 Å². The van der Waals surface area contributed by atoms with E-state index in [0.717, 1.165) is 22.3 Å². The van der Waals surface area contributed by atoms with Crippen LogP contribution in [0.1, 0.15) is 37.3 Å². The molecule has 0 aromatic heterocycles. The Hall–Kier alpha value is -3.00. The van der Waals surface area contributed by atoms with Gasteiger partial charge in [0.1, 0.15) is 19.2 Å². The second kappa shape index (κ2) is 11.2. The van der Waals surface area contributed by atoms with Crippen LogP contribution in [0.5, 0.6) is 0 Å². The molecule has 0 radical (unpaired) electrons. The molecule has 0 heterocycles. The summed E-state index contributed by atoms with van der Waals surface area (Å²) >= 11 is 1.55. The van der Waals surface area contributed by atoms with Gasteiger partial charge in [-0.2, -0.15) is 11.8 Å². The molecule has 8 heteroatoms. The highest BCUT2D eigenvalue weighted by Gasteiger charge is 2.31. The third-order valence-electron chi connectivity index (χ3n) is 5.76. The normalized spacial score (nSPS) is 13.2. The number of thioether (sulfide) groups is 1. The number of hydrogen-bond acceptors (Lipinski definition) is 5. The van der Waals surface area contributed by atoms with Gasteiger partial charge in [-0.1, -0.05) is 48.5 Å². The number of nitrogens with one attached hydrogen (secondary N) is 1. The fourth-order valence-corrected chi connectivity index (χ4v) is 4.61. The van der Waals surface area contributed by atoms with Crippen molar-refractivity contribution in [2.45, 2.75) is 38.3 Å². The molecule has 2 N–H and O–H groups in total. The Kier molecular flexibility index (Phi) is 8.38. The number of nitrogens with zero attached hydrogens (tertiary/aromatic N) is 1. The van der Waals surface area contributed by atoms with Crippen molar-refractivity contribution in [3.8, 4) is 11.1 Å². The topological polar surface area (TPSA) is 95.9 Å². The second-order valence-electron chi connectivity index (χ2n) is 8.26. The zero-order valence-corrected chi connectivity index (χ0v) is 19.9. The second-order valence-corrected chi connectivity index (χ2v) is 9.24. The lowest BCUT2D eigenvalue weighted by molar-refractivity contribution is -0.146. The van der Waals surface area contributed by atoms with Crippen LogP contribution in [0.2, 0.25) is 0 Å². The van der Waals surface area contributed by atoms with Crippen molar-refractivity contribution in [1.82, 2.24) is 10.2 Å². The van der Waals surface area contributed by atoms with Crippen molar-refractivity contribution >= 4 is 29.7 Å². The average Bonchev–Trinajstić information content (AvgIpc) is 3.12. The number of carbonyl (C=O) groups is 3. The zero-order chi connectivity index (χ0) is 24.0. The fourth-order valence-electron chi connectivity index (χ4n) is 4.14. The van der Waals surface area contributed by atoms with Crippen molar-refractivity contribution in [1.29, 1.82) is 0 Å². The first-order valence-electron chi connectivity index (χ1n) is 11.0. The van der Waals surface area contributed by atoms with Crippen LogP contribution in [0.15, 0.2) is 48.5 Å². The number of carbonyl (C=O) groups excluding carboxylic acids is 2. The molecule has 1 atom stereocenters. The Bertz CT molecular complexity index is 964. The van der Waals surface area contributed by atoms with Gasteiger partial charge in [-0.05, 0) is 54.5 Å². The van der Waals surface area contributed by atoms with E-state index in [1.165, 1.54) is 4.90 Å². The summed E-state index contributed by atoms with van der Waals surface area (Å²) in [4.78, 5) is 38.2. The molecule has 0 fully saturated rings. The number of ether oxygens (including phenoxy) is 1. The largest absolute Gasteiger partial charge is 0.480 e. The number of carboxylic acids is 1. The molecule has 0 bridgehead atoms. The molecule has 2 amide bonds. The Morgan fingerprint density at radius 1 is 1.06 bits per heavy atom. The quantitative estimate of drug-likeness (QED) is 0.546.